The second-order valence-corrected chi connectivity index (χ2v) is 4.57. The quantitative estimate of drug-likeness (QED) is 0.865. The minimum absolute atomic E-state index is 0.912. The summed E-state index contributed by atoms with van der Waals surface area (Å²) in [4.78, 5) is 4.33. The lowest BCUT2D eigenvalue weighted by Crippen LogP contribution is -2.05. The van der Waals surface area contributed by atoms with E-state index in [4.69, 9.17) is 0 Å². The predicted molar refractivity (Wildman–Crippen MR) is 78.9 cm³/mol. The summed E-state index contributed by atoms with van der Waals surface area (Å²) in [5.74, 6) is 0.912. The number of aryl methyl sites for hydroxylation is 2. The molecule has 0 aliphatic heterocycles. The molecule has 102 valence electrons. The van der Waals surface area contributed by atoms with Crippen LogP contribution in [0.5, 0.6) is 0 Å². The molecule has 0 fully saturated rings. The van der Waals surface area contributed by atoms with Gasteiger partial charge in [0.05, 0.1) is 11.4 Å². The zero-order chi connectivity index (χ0) is 13.7. The number of hydrogen-bond donors (Lipinski definition) is 1. The van der Waals surface area contributed by atoms with E-state index in [1.54, 1.807) is 0 Å². The van der Waals surface area contributed by atoms with Crippen LogP contribution in [0.1, 0.15) is 38.6 Å². The molecule has 0 amide bonds. The van der Waals surface area contributed by atoms with Gasteiger partial charge in [0.1, 0.15) is 5.82 Å². The van der Waals surface area contributed by atoms with Crippen molar-refractivity contribution in [3.05, 3.63) is 35.8 Å². The summed E-state index contributed by atoms with van der Waals surface area (Å²) >= 11 is 0. The molecule has 0 radical (unpaired) electrons. The van der Waals surface area contributed by atoms with Crippen LogP contribution in [-0.4, -0.2) is 21.3 Å². The second-order valence-electron chi connectivity index (χ2n) is 4.57. The van der Waals surface area contributed by atoms with E-state index in [9.17, 15) is 0 Å². The Hall–Kier alpha value is -1.84. The molecule has 0 saturated carbocycles. The normalized spacial score (nSPS) is 10.7. The fourth-order valence-electron chi connectivity index (χ4n) is 2.02. The molecule has 2 heterocycles. The lowest BCUT2D eigenvalue weighted by Gasteiger charge is -2.08. The number of pyridine rings is 1. The van der Waals surface area contributed by atoms with Crippen LogP contribution < -0.4 is 5.32 Å². The van der Waals surface area contributed by atoms with Crippen LogP contribution in [0.25, 0.3) is 5.69 Å². The van der Waals surface area contributed by atoms with Crippen molar-refractivity contribution in [3.63, 3.8) is 0 Å². The maximum Gasteiger partial charge on any atom is 0.128 e. The summed E-state index contributed by atoms with van der Waals surface area (Å²) in [5, 5.41) is 7.96. The van der Waals surface area contributed by atoms with Gasteiger partial charge in [-0.25, -0.2) is 9.67 Å². The van der Waals surface area contributed by atoms with Crippen molar-refractivity contribution in [2.24, 2.45) is 0 Å². The standard InChI is InChI=1S/C15H22N4/c1-4-8-16-15-11-14(7-9-17-15)19-13(6-3)10-12(5-2)18-19/h7,9-11H,4-6,8H2,1-3H3,(H,16,17). The molecular formula is C15H22N4. The van der Waals surface area contributed by atoms with Crippen molar-refractivity contribution in [2.75, 3.05) is 11.9 Å². The summed E-state index contributed by atoms with van der Waals surface area (Å²) in [6.07, 6.45) is 4.87. The molecule has 2 aromatic rings. The first-order chi connectivity index (χ1) is 9.28. The van der Waals surface area contributed by atoms with E-state index in [0.717, 1.165) is 43.0 Å². The minimum Gasteiger partial charge on any atom is -0.370 e. The zero-order valence-electron chi connectivity index (χ0n) is 12.0. The molecule has 0 aliphatic carbocycles. The minimum atomic E-state index is 0.912. The number of anilines is 1. The third-order valence-electron chi connectivity index (χ3n) is 3.10. The van der Waals surface area contributed by atoms with Crippen LogP contribution in [0.2, 0.25) is 0 Å². The monoisotopic (exact) mass is 258 g/mol. The van der Waals surface area contributed by atoms with E-state index in [1.165, 1.54) is 5.69 Å². The van der Waals surface area contributed by atoms with Gasteiger partial charge in [-0.2, -0.15) is 5.10 Å². The Kier molecular flexibility index (Phi) is 4.55. The Morgan fingerprint density at radius 2 is 2.00 bits per heavy atom. The number of aromatic nitrogens is 3. The van der Waals surface area contributed by atoms with E-state index in [1.807, 2.05) is 16.9 Å². The van der Waals surface area contributed by atoms with E-state index in [2.05, 4.69) is 48.3 Å². The second kappa shape index (κ2) is 6.36. The molecule has 0 saturated heterocycles. The topological polar surface area (TPSA) is 42.7 Å². The van der Waals surface area contributed by atoms with Crippen LogP contribution in [0.3, 0.4) is 0 Å². The van der Waals surface area contributed by atoms with E-state index >= 15 is 0 Å². The first kappa shape index (κ1) is 13.6. The Morgan fingerprint density at radius 1 is 1.16 bits per heavy atom. The number of rotatable bonds is 6. The lowest BCUT2D eigenvalue weighted by atomic mass is 10.2. The van der Waals surface area contributed by atoms with Crippen molar-refractivity contribution < 1.29 is 0 Å². The molecule has 4 nitrogen and oxygen atoms in total. The Balaban J connectivity index is 2.32. The number of hydrogen-bond acceptors (Lipinski definition) is 3. The molecule has 19 heavy (non-hydrogen) atoms. The highest BCUT2D eigenvalue weighted by Gasteiger charge is 2.08. The fourth-order valence-corrected chi connectivity index (χ4v) is 2.02. The van der Waals surface area contributed by atoms with Crippen LogP contribution in [0.4, 0.5) is 5.82 Å². The van der Waals surface area contributed by atoms with Gasteiger partial charge in [0, 0.05) is 24.5 Å². The number of nitrogens with one attached hydrogen (secondary N) is 1. The summed E-state index contributed by atoms with van der Waals surface area (Å²) in [7, 11) is 0. The molecule has 0 spiro atoms. The molecule has 0 unspecified atom stereocenters. The highest BCUT2D eigenvalue weighted by molar-refractivity contribution is 5.45. The van der Waals surface area contributed by atoms with Crippen LogP contribution in [0.15, 0.2) is 24.4 Å². The molecule has 0 atom stereocenters. The predicted octanol–water partition coefficient (Wildman–Crippen LogP) is 3.21. The average Bonchev–Trinajstić information content (AvgIpc) is 2.89. The summed E-state index contributed by atoms with van der Waals surface area (Å²) < 4.78 is 2.03. The molecule has 0 aliphatic rings. The maximum absolute atomic E-state index is 4.65. The van der Waals surface area contributed by atoms with Crippen molar-refractivity contribution in [1.82, 2.24) is 14.8 Å². The average molecular weight is 258 g/mol. The van der Waals surface area contributed by atoms with Gasteiger partial charge in [-0.15, -0.1) is 0 Å². The van der Waals surface area contributed by atoms with Gasteiger partial charge in [0.25, 0.3) is 0 Å². The molecule has 2 rings (SSSR count). The van der Waals surface area contributed by atoms with Gasteiger partial charge >= 0.3 is 0 Å². The molecule has 0 bridgehead atoms. The van der Waals surface area contributed by atoms with Crippen LogP contribution in [0, 0.1) is 0 Å². The summed E-state index contributed by atoms with van der Waals surface area (Å²) in [6.45, 7) is 7.38. The highest BCUT2D eigenvalue weighted by atomic mass is 15.3. The van der Waals surface area contributed by atoms with E-state index in [-0.39, 0.29) is 0 Å². The van der Waals surface area contributed by atoms with Crippen molar-refractivity contribution in [3.8, 4) is 5.69 Å². The van der Waals surface area contributed by atoms with Crippen LogP contribution in [-0.2, 0) is 12.8 Å². The molecule has 0 aromatic carbocycles. The highest BCUT2D eigenvalue weighted by Crippen LogP contribution is 2.16. The summed E-state index contributed by atoms with van der Waals surface area (Å²) in [5.41, 5.74) is 3.45. The van der Waals surface area contributed by atoms with Gasteiger partial charge in [-0.3, -0.25) is 0 Å². The largest absolute Gasteiger partial charge is 0.370 e. The van der Waals surface area contributed by atoms with Gasteiger partial charge in [0.15, 0.2) is 0 Å². The van der Waals surface area contributed by atoms with Gasteiger partial charge in [-0.1, -0.05) is 20.8 Å². The first-order valence-corrected chi connectivity index (χ1v) is 7.06. The van der Waals surface area contributed by atoms with Crippen molar-refractivity contribution in [1.29, 1.82) is 0 Å². The molecule has 2 aromatic heterocycles. The van der Waals surface area contributed by atoms with Gasteiger partial charge in [-0.05, 0) is 31.4 Å². The Morgan fingerprint density at radius 3 is 2.68 bits per heavy atom. The van der Waals surface area contributed by atoms with Crippen molar-refractivity contribution >= 4 is 5.82 Å². The van der Waals surface area contributed by atoms with Gasteiger partial charge < -0.3 is 5.32 Å². The third kappa shape index (κ3) is 3.13. The van der Waals surface area contributed by atoms with Gasteiger partial charge in [0.2, 0.25) is 0 Å². The van der Waals surface area contributed by atoms with E-state index in [0.29, 0.717) is 0 Å². The lowest BCUT2D eigenvalue weighted by molar-refractivity contribution is 0.792. The zero-order valence-corrected chi connectivity index (χ0v) is 12.0. The SMILES string of the molecule is CCCNc1cc(-n2nc(CC)cc2CC)ccn1. The van der Waals surface area contributed by atoms with Crippen molar-refractivity contribution in [2.45, 2.75) is 40.0 Å². The fraction of sp³-hybridized carbons (Fsp3) is 0.467. The Bertz CT molecular complexity index is 531. The smallest absolute Gasteiger partial charge is 0.128 e. The molecule has 4 heteroatoms. The first-order valence-electron chi connectivity index (χ1n) is 7.06. The maximum atomic E-state index is 4.65. The summed E-state index contributed by atoms with van der Waals surface area (Å²) in [6, 6.07) is 6.24. The molecular weight excluding hydrogens is 236 g/mol. The van der Waals surface area contributed by atoms with Crippen LogP contribution >= 0.6 is 0 Å². The van der Waals surface area contributed by atoms with E-state index < -0.39 is 0 Å². The molecule has 1 N–H and O–H groups in total. The number of nitrogens with zero attached hydrogens (tertiary/aromatic N) is 3. The Labute approximate surface area is 114 Å². The third-order valence-corrected chi connectivity index (χ3v) is 3.10.